The minimum absolute atomic E-state index is 0.247. The van der Waals surface area contributed by atoms with Crippen molar-refractivity contribution in [3.05, 3.63) is 29.3 Å². The van der Waals surface area contributed by atoms with Crippen LogP contribution in [0.15, 0.2) is 18.2 Å². The molecule has 1 aromatic carbocycles. The van der Waals surface area contributed by atoms with Gasteiger partial charge in [-0.1, -0.05) is 0 Å². The maximum atomic E-state index is 10.7. The van der Waals surface area contributed by atoms with E-state index < -0.39 is 12.0 Å². The van der Waals surface area contributed by atoms with Crippen molar-refractivity contribution in [3.63, 3.8) is 0 Å². The smallest absolute Gasteiger partial charge is 0.325 e. The summed E-state index contributed by atoms with van der Waals surface area (Å²) in [5.74, 6) is -0.723. The lowest BCUT2D eigenvalue weighted by Crippen LogP contribution is -2.22. The molecular formula is C10H11NO4. The number of rotatable bonds is 4. The van der Waals surface area contributed by atoms with Gasteiger partial charge in [0.1, 0.15) is 18.1 Å². The van der Waals surface area contributed by atoms with Crippen molar-refractivity contribution in [2.75, 3.05) is 7.11 Å². The molecular weight excluding hydrogens is 198 g/mol. The van der Waals surface area contributed by atoms with E-state index in [1.165, 1.54) is 19.2 Å². The molecule has 15 heavy (non-hydrogen) atoms. The molecule has 0 aliphatic rings. The summed E-state index contributed by atoms with van der Waals surface area (Å²) in [4.78, 5) is 21.4. The van der Waals surface area contributed by atoms with E-state index in [-0.39, 0.29) is 11.1 Å². The standard InChI is InChI=1S/C10H11NO4/c1-15-7-3-2-6(5-12)8(4-7)9(11)10(13)14/h2-5,9H,11H2,1H3,(H,13,14). The molecule has 1 rings (SSSR count). The maximum Gasteiger partial charge on any atom is 0.325 e. The quantitative estimate of drug-likeness (QED) is 0.708. The second-order valence-electron chi connectivity index (χ2n) is 2.93. The number of carboxylic acids is 1. The molecule has 1 aromatic rings. The third-order valence-corrected chi connectivity index (χ3v) is 2.02. The van der Waals surface area contributed by atoms with E-state index >= 15 is 0 Å². The predicted octanol–water partition coefficient (Wildman–Crippen LogP) is 0.592. The number of hydrogen-bond acceptors (Lipinski definition) is 4. The van der Waals surface area contributed by atoms with Gasteiger partial charge in [0.15, 0.2) is 0 Å². The molecule has 0 aliphatic heterocycles. The van der Waals surface area contributed by atoms with Crippen LogP contribution < -0.4 is 10.5 Å². The number of benzene rings is 1. The zero-order valence-electron chi connectivity index (χ0n) is 8.14. The van der Waals surface area contributed by atoms with Gasteiger partial charge in [0.05, 0.1) is 7.11 Å². The van der Waals surface area contributed by atoms with E-state index in [9.17, 15) is 9.59 Å². The Labute approximate surface area is 86.5 Å². The molecule has 5 heteroatoms. The molecule has 80 valence electrons. The Morgan fingerprint density at radius 3 is 2.73 bits per heavy atom. The van der Waals surface area contributed by atoms with Crippen molar-refractivity contribution in [3.8, 4) is 5.75 Å². The molecule has 0 heterocycles. The Balaban J connectivity index is 3.22. The summed E-state index contributed by atoms with van der Waals surface area (Å²) >= 11 is 0. The fourth-order valence-electron chi connectivity index (χ4n) is 1.19. The lowest BCUT2D eigenvalue weighted by Gasteiger charge is -2.10. The third kappa shape index (κ3) is 2.32. The molecule has 1 atom stereocenters. The predicted molar refractivity (Wildman–Crippen MR) is 52.9 cm³/mol. The topological polar surface area (TPSA) is 89.6 Å². The van der Waals surface area contributed by atoms with Gasteiger partial charge in [0, 0.05) is 5.56 Å². The number of aliphatic carboxylic acids is 1. The van der Waals surface area contributed by atoms with Crippen LogP contribution in [-0.2, 0) is 4.79 Å². The lowest BCUT2D eigenvalue weighted by molar-refractivity contribution is -0.138. The second-order valence-corrected chi connectivity index (χ2v) is 2.93. The Morgan fingerprint density at radius 1 is 1.60 bits per heavy atom. The minimum Gasteiger partial charge on any atom is -0.497 e. The Hall–Kier alpha value is -1.88. The van der Waals surface area contributed by atoms with Gasteiger partial charge >= 0.3 is 5.97 Å². The van der Waals surface area contributed by atoms with Gasteiger partial charge in [0.25, 0.3) is 0 Å². The molecule has 0 aromatic heterocycles. The van der Waals surface area contributed by atoms with Crippen molar-refractivity contribution < 1.29 is 19.4 Å². The summed E-state index contributed by atoms with van der Waals surface area (Å²) in [5.41, 5.74) is 5.93. The third-order valence-electron chi connectivity index (χ3n) is 2.02. The zero-order chi connectivity index (χ0) is 11.4. The SMILES string of the molecule is COc1ccc(C=O)c(C(N)C(=O)O)c1. The Morgan fingerprint density at radius 2 is 2.27 bits per heavy atom. The second kappa shape index (κ2) is 4.56. The molecule has 0 fully saturated rings. The number of hydrogen-bond donors (Lipinski definition) is 2. The van der Waals surface area contributed by atoms with Gasteiger partial charge in [0.2, 0.25) is 0 Å². The average molecular weight is 209 g/mol. The number of carbonyl (C=O) groups is 2. The molecule has 5 nitrogen and oxygen atoms in total. The van der Waals surface area contributed by atoms with E-state index in [0.29, 0.717) is 12.0 Å². The molecule has 0 saturated heterocycles. The number of aldehydes is 1. The van der Waals surface area contributed by atoms with Crippen LogP contribution in [0.2, 0.25) is 0 Å². The van der Waals surface area contributed by atoms with E-state index in [1.54, 1.807) is 6.07 Å². The van der Waals surface area contributed by atoms with Gasteiger partial charge in [-0.2, -0.15) is 0 Å². The first kappa shape index (κ1) is 11.2. The van der Waals surface area contributed by atoms with E-state index in [2.05, 4.69) is 0 Å². The van der Waals surface area contributed by atoms with Crippen molar-refractivity contribution in [1.29, 1.82) is 0 Å². The van der Waals surface area contributed by atoms with Crippen LogP contribution in [0.25, 0.3) is 0 Å². The van der Waals surface area contributed by atoms with Crippen LogP contribution in [-0.4, -0.2) is 24.5 Å². The minimum atomic E-state index is -1.22. The van der Waals surface area contributed by atoms with Crippen LogP contribution in [0.1, 0.15) is 22.0 Å². The van der Waals surface area contributed by atoms with Crippen LogP contribution in [0.3, 0.4) is 0 Å². The normalized spacial score (nSPS) is 11.9. The van der Waals surface area contributed by atoms with Gasteiger partial charge in [-0.3, -0.25) is 9.59 Å². The molecule has 0 saturated carbocycles. The Bertz CT molecular complexity index is 389. The highest BCUT2D eigenvalue weighted by Crippen LogP contribution is 2.21. The fourth-order valence-corrected chi connectivity index (χ4v) is 1.19. The zero-order valence-corrected chi connectivity index (χ0v) is 8.14. The lowest BCUT2D eigenvalue weighted by atomic mass is 10.0. The van der Waals surface area contributed by atoms with Crippen molar-refractivity contribution in [2.24, 2.45) is 5.73 Å². The van der Waals surface area contributed by atoms with Gasteiger partial charge in [-0.15, -0.1) is 0 Å². The summed E-state index contributed by atoms with van der Waals surface area (Å²) in [5, 5.41) is 8.74. The summed E-state index contributed by atoms with van der Waals surface area (Å²) < 4.78 is 4.92. The van der Waals surface area contributed by atoms with Crippen LogP contribution in [0.4, 0.5) is 0 Å². The van der Waals surface area contributed by atoms with E-state index in [4.69, 9.17) is 15.6 Å². The largest absolute Gasteiger partial charge is 0.497 e. The first-order chi connectivity index (χ1) is 7.10. The summed E-state index contributed by atoms with van der Waals surface area (Å²) in [6.45, 7) is 0. The molecule has 0 bridgehead atoms. The highest BCUT2D eigenvalue weighted by atomic mass is 16.5. The highest BCUT2D eigenvalue weighted by molar-refractivity contribution is 5.84. The molecule has 0 spiro atoms. The number of ether oxygens (including phenoxy) is 1. The molecule has 3 N–H and O–H groups in total. The van der Waals surface area contributed by atoms with Crippen LogP contribution in [0, 0.1) is 0 Å². The first-order valence-electron chi connectivity index (χ1n) is 4.21. The molecule has 0 amide bonds. The van der Waals surface area contributed by atoms with Crippen LogP contribution in [0.5, 0.6) is 5.75 Å². The van der Waals surface area contributed by atoms with Gasteiger partial charge < -0.3 is 15.6 Å². The molecule has 0 aliphatic carbocycles. The van der Waals surface area contributed by atoms with Gasteiger partial charge in [-0.25, -0.2) is 0 Å². The van der Waals surface area contributed by atoms with Crippen molar-refractivity contribution >= 4 is 12.3 Å². The summed E-state index contributed by atoms with van der Waals surface area (Å²) in [7, 11) is 1.45. The fraction of sp³-hybridized carbons (Fsp3) is 0.200. The number of carbonyl (C=O) groups excluding carboxylic acids is 1. The maximum absolute atomic E-state index is 10.7. The molecule has 0 radical (unpaired) electrons. The summed E-state index contributed by atoms with van der Waals surface area (Å²) in [6.07, 6.45) is 0.567. The van der Waals surface area contributed by atoms with Crippen molar-refractivity contribution in [1.82, 2.24) is 0 Å². The highest BCUT2D eigenvalue weighted by Gasteiger charge is 2.18. The number of nitrogens with two attached hydrogens (primary N) is 1. The van der Waals surface area contributed by atoms with E-state index in [0.717, 1.165) is 0 Å². The van der Waals surface area contributed by atoms with E-state index in [1.807, 2.05) is 0 Å². The first-order valence-corrected chi connectivity index (χ1v) is 4.21. The summed E-state index contributed by atoms with van der Waals surface area (Å²) in [6, 6.07) is 3.27. The van der Waals surface area contributed by atoms with Crippen LogP contribution >= 0.6 is 0 Å². The molecule has 1 unspecified atom stereocenters. The Kier molecular flexibility index (Phi) is 3.41. The van der Waals surface area contributed by atoms with Gasteiger partial charge in [-0.05, 0) is 23.8 Å². The monoisotopic (exact) mass is 209 g/mol. The number of methoxy groups -OCH3 is 1. The number of carboxylic acid groups (broad SMARTS) is 1. The average Bonchev–Trinajstić information content (AvgIpc) is 2.27. The van der Waals surface area contributed by atoms with Crippen molar-refractivity contribution in [2.45, 2.75) is 6.04 Å².